The lowest BCUT2D eigenvalue weighted by atomic mass is 10.2. The van der Waals surface area contributed by atoms with Gasteiger partial charge in [0.2, 0.25) is 11.9 Å². The lowest BCUT2D eigenvalue weighted by Gasteiger charge is -2.28. The highest BCUT2D eigenvalue weighted by molar-refractivity contribution is 8.00. The van der Waals surface area contributed by atoms with Crippen LogP contribution in [0.3, 0.4) is 0 Å². The number of thioether (sulfide) groups is 1. The zero-order chi connectivity index (χ0) is 22.8. The van der Waals surface area contributed by atoms with Crippen molar-refractivity contribution in [2.24, 2.45) is 7.05 Å². The van der Waals surface area contributed by atoms with Crippen LogP contribution in [0.4, 0.5) is 11.6 Å². The Balaban J connectivity index is 1.60. The minimum absolute atomic E-state index is 0.0967. The van der Waals surface area contributed by atoms with Gasteiger partial charge >= 0.3 is 0 Å². The van der Waals surface area contributed by atoms with Gasteiger partial charge in [-0.1, -0.05) is 29.5 Å². The molecule has 3 heterocycles. The first-order valence-electron chi connectivity index (χ1n) is 10.7. The van der Waals surface area contributed by atoms with Crippen molar-refractivity contribution in [3.05, 3.63) is 41.2 Å². The van der Waals surface area contributed by atoms with Crippen LogP contribution in [-0.4, -0.2) is 62.0 Å². The fourth-order valence-electron chi connectivity index (χ4n) is 3.62. The van der Waals surface area contributed by atoms with E-state index in [1.807, 2.05) is 32.4 Å². The molecular formula is C22H29N7O2S. The van der Waals surface area contributed by atoms with Gasteiger partial charge in [-0.05, 0) is 39.8 Å². The lowest BCUT2D eigenvalue weighted by molar-refractivity contribution is -0.115. The van der Waals surface area contributed by atoms with Crippen molar-refractivity contribution in [3.8, 4) is 5.69 Å². The monoisotopic (exact) mass is 455 g/mol. The van der Waals surface area contributed by atoms with Crippen molar-refractivity contribution in [2.45, 2.75) is 38.1 Å². The molecule has 1 fully saturated rings. The fourth-order valence-corrected chi connectivity index (χ4v) is 4.48. The van der Waals surface area contributed by atoms with Gasteiger partial charge in [-0.2, -0.15) is 5.10 Å². The molecule has 0 aliphatic carbocycles. The maximum Gasteiger partial charge on any atom is 0.237 e. The van der Waals surface area contributed by atoms with E-state index in [-0.39, 0.29) is 11.2 Å². The van der Waals surface area contributed by atoms with Gasteiger partial charge in [0.25, 0.3) is 0 Å². The summed E-state index contributed by atoms with van der Waals surface area (Å²) in [4.78, 5) is 15.2. The number of hydrogen-bond donors (Lipinski definition) is 1. The molecular weight excluding hydrogens is 426 g/mol. The third-order valence-corrected chi connectivity index (χ3v) is 6.65. The molecule has 32 heavy (non-hydrogen) atoms. The van der Waals surface area contributed by atoms with Gasteiger partial charge in [-0.25, -0.2) is 0 Å². The standard InChI is InChI=1S/C22H29N7O2S/c1-14-6-8-18(9-7-14)29-21(28-10-12-31-13-11-28)24-25-22(29)32-17(4)20(30)23-19-15(2)26-27(5)16(19)3/h6-9,17H,10-13H2,1-5H3,(H,23,30). The number of ether oxygens (including phenoxy) is 1. The molecule has 1 saturated heterocycles. The number of hydrogen-bond acceptors (Lipinski definition) is 7. The molecule has 1 aromatic carbocycles. The number of aromatic nitrogens is 5. The van der Waals surface area contributed by atoms with Crippen LogP contribution in [-0.2, 0) is 16.6 Å². The first-order valence-corrected chi connectivity index (χ1v) is 11.6. The molecule has 9 nitrogen and oxygen atoms in total. The van der Waals surface area contributed by atoms with Crippen LogP contribution in [0.25, 0.3) is 5.69 Å². The number of carbonyl (C=O) groups excluding carboxylic acids is 1. The Morgan fingerprint density at radius 3 is 2.44 bits per heavy atom. The second-order valence-corrected chi connectivity index (χ2v) is 9.28. The van der Waals surface area contributed by atoms with Crippen LogP contribution in [0.1, 0.15) is 23.9 Å². The topological polar surface area (TPSA) is 90.1 Å². The molecule has 0 bridgehead atoms. The Hall–Kier alpha value is -2.85. The number of nitrogens with zero attached hydrogens (tertiary/aromatic N) is 6. The maximum absolute atomic E-state index is 13.0. The number of anilines is 2. The van der Waals surface area contributed by atoms with E-state index in [4.69, 9.17) is 4.74 Å². The van der Waals surface area contributed by atoms with Gasteiger partial charge in [0, 0.05) is 20.1 Å². The van der Waals surface area contributed by atoms with E-state index in [0.717, 1.165) is 41.8 Å². The van der Waals surface area contributed by atoms with E-state index < -0.39 is 0 Å². The van der Waals surface area contributed by atoms with Gasteiger partial charge < -0.3 is 15.0 Å². The van der Waals surface area contributed by atoms with Gasteiger partial charge in [-0.3, -0.25) is 14.0 Å². The second kappa shape index (κ2) is 9.33. The third-order valence-electron chi connectivity index (χ3n) is 5.61. The summed E-state index contributed by atoms with van der Waals surface area (Å²) in [6, 6.07) is 8.24. The SMILES string of the molecule is Cc1ccc(-n2c(SC(C)C(=O)Nc3c(C)nn(C)c3C)nnc2N2CCOCC2)cc1. The second-order valence-electron chi connectivity index (χ2n) is 7.97. The van der Waals surface area contributed by atoms with Crippen LogP contribution >= 0.6 is 11.8 Å². The highest BCUT2D eigenvalue weighted by Gasteiger charge is 2.25. The highest BCUT2D eigenvalue weighted by Crippen LogP contribution is 2.30. The van der Waals surface area contributed by atoms with E-state index >= 15 is 0 Å². The summed E-state index contributed by atoms with van der Waals surface area (Å²) in [6.45, 7) is 10.6. The Bertz CT molecular complexity index is 1100. The minimum Gasteiger partial charge on any atom is -0.378 e. The summed E-state index contributed by atoms with van der Waals surface area (Å²) in [6.07, 6.45) is 0. The Morgan fingerprint density at radius 1 is 1.12 bits per heavy atom. The van der Waals surface area contributed by atoms with Gasteiger partial charge in [0.15, 0.2) is 5.16 Å². The lowest BCUT2D eigenvalue weighted by Crippen LogP contribution is -2.38. The van der Waals surface area contributed by atoms with E-state index in [1.165, 1.54) is 17.3 Å². The van der Waals surface area contributed by atoms with E-state index in [9.17, 15) is 4.79 Å². The summed E-state index contributed by atoms with van der Waals surface area (Å²) in [5.74, 6) is 0.673. The summed E-state index contributed by atoms with van der Waals surface area (Å²) in [7, 11) is 1.87. The van der Waals surface area contributed by atoms with Crippen molar-refractivity contribution in [1.82, 2.24) is 24.5 Å². The van der Waals surface area contributed by atoms with Crippen LogP contribution in [0.5, 0.6) is 0 Å². The average Bonchev–Trinajstić information content (AvgIpc) is 3.30. The van der Waals surface area contributed by atoms with Crippen LogP contribution < -0.4 is 10.2 Å². The third kappa shape index (κ3) is 4.51. The predicted octanol–water partition coefficient (Wildman–Crippen LogP) is 2.88. The van der Waals surface area contributed by atoms with Crippen molar-refractivity contribution >= 4 is 29.3 Å². The van der Waals surface area contributed by atoms with Crippen molar-refractivity contribution in [1.29, 1.82) is 0 Å². The van der Waals surface area contributed by atoms with Gasteiger partial charge in [-0.15, -0.1) is 10.2 Å². The number of rotatable bonds is 6. The number of benzene rings is 1. The van der Waals surface area contributed by atoms with Gasteiger partial charge in [0.05, 0.1) is 41.2 Å². The van der Waals surface area contributed by atoms with E-state index in [0.29, 0.717) is 18.4 Å². The molecule has 2 aromatic heterocycles. The molecule has 1 aliphatic rings. The zero-order valence-electron chi connectivity index (χ0n) is 19.1. The molecule has 0 spiro atoms. The molecule has 10 heteroatoms. The fraction of sp³-hybridized carbons (Fsp3) is 0.455. The molecule has 1 unspecified atom stereocenters. The Kier molecular flexibility index (Phi) is 6.52. The van der Waals surface area contributed by atoms with Crippen LogP contribution in [0, 0.1) is 20.8 Å². The molecule has 1 atom stereocenters. The normalized spacial score (nSPS) is 15.1. The van der Waals surface area contributed by atoms with Crippen molar-refractivity contribution in [2.75, 3.05) is 36.5 Å². The number of nitrogens with one attached hydrogen (secondary N) is 1. The quantitative estimate of drug-likeness (QED) is 0.572. The van der Waals surface area contributed by atoms with Crippen LogP contribution in [0.2, 0.25) is 0 Å². The molecule has 170 valence electrons. The molecule has 4 rings (SSSR count). The molecule has 0 saturated carbocycles. The average molecular weight is 456 g/mol. The molecule has 3 aromatic rings. The largest absolute Gasteiger partial charge is 0.378 e. The van der Waals surface area contributed by atoms with Crippen molar-refractivity contribution in [3.63, 3.8) is 0 Å². The Morgan fingerprint density at radius 2 is 1.81 bits per heavy atom. The van der Waals surface area contributed by atoms with E-state index in [2.05, 4.69) is 56.7 Å². The summed E-state index contributed by atoms with van der Waals surface area (Å²) < 4.78 is 9.30. The summed E-state index contributed by atoms with van der Waals surface area (Å²) >= 11 is 1.39. The molecule has 1 N–H and O–H groups in total. The van der Waals surface area contributed by atoms with E-state index in [1.54, 1.807) is 4.68 Å². The summed E-state index contributed by atoms with van der Waals surface area (Å²) in [5, 5.41) is 16.6. The Labute approximate surface area is 192 Å². The number of amides is 1. The zero-order valence-corrected chi connectivity index (χ0v) is 19.9. The number of aryl methyl sites for hydroxylation is 3. The maximum atomic E-state index is 13.0. The first kappa shape index (κ1) is 22.3. The number of carbonyl (C=O) groups is 1. The molecule has 0 radical (unpaired) electrons. The van der Waals surface area contributed by atoms with Crippen LogP contribution in [0.15, 0.2) is 29.4 Å². The number of morpholine rings is 1. The predicted molar refractivity (Wildman–Crippen MR) is 126 cm³/mol. The minimum atomic E-state index is -0.375. The first-order chi connectivity index (χ1) is 15.3. The molecule has 1 amide bonds. The molecule has 1 aliphatic heterocycles. The summed E-state index contributed by atoms with van der Waals surface area (Å²) in [5.41, 5.74) is 4.63. The van der Waals surface area contributed by atoms with Gasteiger partial charge in [0.1, 0.15) is 0 Å². The highest BCUT2D eigenvalue weighted by atomic mass is 32.2. The van der Waals surface area contributed by atoms with Crippen molar-refractivity contribution < 1.29 is 9.53 Å². The smallest absolute Gasteiger partial charge is 0.237 e.